The zero-order chi connectivity index (χ0) is 26.7. The third-order valence-corrected chi connectivity index (χ3v) is 8.17. The molecule has 1 saturated heterocycles. The van der Waals surface area contributed by atoms with Gasteiger partial charge in [-0.15, -0.1) is 0 Å². The molecule has 0 spiro atoms. The quantitative estimate of drug-likeness (QED) is 0.436. The molecular weight excluding hydrogens is 514 g/mol. The molecule has 0 saturated carbocycles. The summed E-state index contributed by atoms with van der Waals surface area (Å²) in [4.78, 5) is 27.2. The summed E-state index contributed by atoms with van der Waals surface area (Å²) < 4.78 is 33.8. The van der Waals surface area contributed by atoms with Crippen LogP contribution in [0.1, 0.15) is 24.0 Å². The molecule has 4 rings (SSSR count). The Morgan fingerprint density at radius 1 is 1.08 bits per heavy atom. The van der Waals surface area contributed by atoms with Gasteiger partial charge < -0.3 is 15.0 Å². The Kier molecular flexibility index (Phi) is 7.75. The fourth-order valence-corrected chi connectivity index (χ4v) is 5.80. The zero-order valence-electron chi connectivity index (χ0n) is 20.8. The van der Waals surface area contributed by atoms with Crippen molar-refractivity contribution < 1.29 is 22.7 Å². The minimum atomic E-state index is -4.16. The number of nitrogens with one attached hydrogen (secondary N) is 1. The number of benzene rings is 3. The lowest BCUT2D eigenvalue weighted by atomic mass is 10.1. The first-order valence-corrected chi connectivity index (χ1v) is 13.6. The van der Waals surface area contributed by atoms with Crippen LogP contribution in [0.3, 0.4) is 0 Å². The SMILES string of the molecule is COc1ccc(Cl)cc1N(CC(=O)Nc1ccc(C)c(N2CCCC2=O)c1)S(=O)(=O)c1ccc(C)cc1. The van der Waals surface area contributed by atoms with Gasteiger partial charge in [-0.1, -0.05) is 35.4 Å². The number of methoxy groups -OCH3 is 1. The van der Waals surface area contributed by atoms with Gasteiger partial charge in [-0.05, 0) is 68.3 Å². The number of hydrogen-bond donors (Lipinski definition) is 1. The highest BCUT2D eigenvalue weighted by Crippen LogP contribution is 2.35. The molecule has 8 nitrogen and oxygen atoms in total. The maximum absolute atomic E-state index is 13.7. The topological polar surface area (TPSA) is 96.0 Å². The van der Waals surface area contributed by atoms with Gasteiger partial charge in [0.2, 0.25) is 11.8 Å². The molecule has 0 unspecified atom stereocenters. The van der Waals surface area contributed by atoms with Crippen molar-refractivity contribution in [3.8, 4) is 5.75 Å². The van der Waals surface area contributed by atoms with Crippen molar-refractivity contribution >= 4 is 50.5 Å². The summed E-state index contributed by atoms with van der Waals surface area (Å²) in [6.07, 6.45) is 1.27. The molecule has 10 heteroatoms. The summed E-state index contributed by atoms with van der Waals surface area (Å²) in [7, 11) is -2.75. The van der Waals surface area contributed by atoms with Crippen LogP contribution in [0.2, 0.25) is 5.02 Å². The molecular formula is C27H28ClN3O5S. The summed E-state index contributed by atoms with van der Waals surface area (Å²) in [5.41, 5.74) is 3.12. The van der Waals surface area contributed by atoms with Gasteiger partial charge in [0.1, 0.15) is 12.3 Å². The van der Waals surface area contributed by atoms with Gasteiger partial charge in [0, 0.05) is 29.4 Å². The second-order valence-electron chi connectivity index (χ2n) is 8.84. The second kappa shape index (κ2) is 10.8. The number of carbonyl (C=O) groups excluding carboxylic acids is 2. The number of aryl methyl sites for hydroxylation is 2. The van der Waals surface area contributed by atoms with Gasteiger partial charge in [0.05, 0.1) is 17.7 Å². The molecule has 0 aliphatic carbocycles. The Hall–Kier alpha value is -3.56. The van der Waals surface area contributed by atoms with Crippen molar-refractivity contribution in [3.63, 3.8) is 0 Å². The molecule has 1 fully saturated rings. The molecule has 1 heterocycles. The Morgan fingerprint density at radius 2 is 1.81 bits per heavy atom. The van der Waals surface area contributed by atoms with E-state index in [2.05, 4.69) is 5.32 Å². The van der Waals surface area contributed by atoms with Crippen LogP contribution in [0, 0.1) is 13.8 Å². The van der Waals surface area contributed by atoms with Gasteiger partial charge in [-0.25, -0.2) is 8.42 Å². The Morgan fingerprint density at radius 3 is 2.46 bits per heavy atom. The van der Waals surface area contributed by atoms with E-state index in [1.54, 1.807) is 41.3 Å². The van der Waals surface area contributed by atoms with Crippen LogP contribution in [-0.2, 0) is 19.6 Å². The number of carbonyl (C=O) groups is 2. The van der Waals surface area contributed by atoms with Crippen molar-refractivity contribution in [2.45, 2.75) is 31.6 Å². The number of hydrogen-bond acceptors (Lipinski definition) is 5. The van der Waals surface area contributed by atoms with Gasteiger partial charge in [-0.3, -0.25) is 13.9 Å². The fourth-order valence-electron chi connectivity index (χ4n) is 4.21. The monoisotopic (exact) mass is 541 g/mol. The van der Waals surface area contributed by atoms with Crippen molar-refractivity contribution in [2.24, 2.45) is 0 Å². The molecule has 37 heavy (non-hydrogen) atoms. The standard InChI is InChI=1S/C27H28ClN3O5S/c1-18-6-11-22(12-7-18)37(34,35)31(24-15-20(28)9-13-25(24)36-3)17-26(32)29-21-10-8-19(2)23(16-21)30-14-4-5-27(30)33/h6-13,15-16H,4-5,14,17H2,1-3H3,(H,29,32). The molecule has 0 atom stereocenters. The lowest BCUT2D eigenvalue weighted by molar-refractivity contribution is -0.117. The molecule has 0 bridgehead atoms. The van der Waals surface area contributed by atoms with Gasteiger partial charge in [-0.2, -0.15) is 0 Å². The molecule has 3 aromatic carbocycles. The molecule has 1 N–H and O–H groups in total. The number of halogens is 1. The van der Waals surface area contributed by atoms with E-state index in [9.17, 15) is 18.0 Å². The first kappa shape index (κ1) is 26.5. The summed E-state index contributed by atoms with van der Waals surface area (Å²) in [5.74, 6) is -0.284. The summed E-state index contributed by atoms with van der Waals surface area (Å²) in [5, 5.41) is 3.07. The van der Waals surface area contributed by atoms with Crippen LogP contribution in [0.15, 0.2) is 65.6 Å². The molecule has 3 aromatic rings. The molecule has 1 aliphatic rings. The van der Waals surface area contributed by atoms with E-state index in [1.807, 2.05) is 19.9 Å². The Bertz CT molecular complexity index is 1440. The lowest BCUT2D eigenvalue weighted by Gasteiger charge is -2.26. The molecule has 194 valence electrons. The highest BCUT2D eigenvalue weighted by molar-refractivity contribution is 7.92. The first-order chi connectivity index (χ1) is 17.6. The van der Waals surface area contributed by atoms with Crippen molar-refractivity contribution in [2.75, 3.05) is 34.7 Å². The molecule has 0 aromatic heterocycles. The largest absolute Gasteiger partial charge is 0.495 e. The van der Waals surface area contributed by atoms with E-state index in [1.165, 1.54) is 25.3 Å². The van der Waals surface area contributed by atoms with Crippen LogP contribution in [0.5, 0.6) is 5.75 Å². The minimum absolute atomic E-state index is 0.0260. The normalized spacial score (nSPS) is 13.5. The van der Waals surface area contributed by atoms with Gasteiger partial charge >= 0.3 is 0 Å². The predicted molar refractivity (Wildman–Crippen MR) is 145 cm³/mol. The third-order valence-electron chi connectivity index (χ3n) is 6.16. The van der Waals surface area contributed by atoms with E-state index < -0.39 is 22.5 Å². The van der Waals surface area contributed by atoms with Gasteiger partial charge in [0.15, 0.2) is 0 Å². The smallest absolute Gasteiger partial charge is 0.264 e. The maximum atomic E-state index is 13.7. The predicted octanol–water partition coefficient (Wildman–Crippen LogP) is 4.93. The summed E-state index contributed by atoms with van der Waals surface area (Å²) >= 11 is 6.20. The number of sulfonamides is 1. The van der Waals surface area contributed by atoms with Crippen molar-refractivity contribution in [3.05, 3.63) is 76.8 Å². The second-order valence-corrected chi connectivity index (χ2v) is 11.1. The maximum Gasteiger partial charge on any atom is 0.264 e. The number of nitrogens with zero attached hydrogens (tertiary/aromatic N) is 2. The van der Waals surface area contributed by atoms with E-state index in [4.69, 9.17) is 16.3 Å². The van der Waals surface area contributed by atoms with Crippen LogP contribution in [0.25, 0.3) is 0 Å². The lowest BCUT2D eigenvalue weighted by Crippen LogP contribution is -2.38. The van der Waals surface area contributed by atoms with E-state index in [0.29, 0.717) is 23.7 Å². The van der Waals surface area contributed by atoms with Gasteiger partial charge in [0.25, 0.3) is 10.0 Å². The number of ether oxygens (including phenoxy) is 1. The minimum Gasteiger partial charge on any atom is -0.495 e. The van der Waals surface area contributed by atoms with Crippen LogP contribution < -0.4 is 19.3 Å². The summed E-state index contributed by atoms with van der Waals surface area (Å²) in [6, 6.07) is 16.2. The zero-order valence-corrected chi connectivity index (χ0v) is 22.4. The molecule has 2 amide bonds. The Labute approximate surface area is 221 Å². The number of anilines is 3. The highest BCUT2D eigenvalue weighted by Gasteiger charge is 2.30. The highest BCUT2D eigenvalue weighted by atomic mass is 35.5. The first-order valence-electron chi connectivity index (χ1n) is 11.7. The van der Waals surface area contributed by atoms with E-state index in [0.717, 1.165) is 27.5 Å². The Balaban J connectivity index is 1.67. The average Bonchev–Trinajstić information content (AvgIpc) is 3.29. The van der Waals surface area contributed by atoms with E-state index >= 15 is 0 Å². The number of amides is 2. The van der Waals surface area contributed by atoms with Crippen molar-refractivity contribution in [1.82, 2.24) is 0 Å². The van der Waals surface area contributed by atoms with Crippen LogP contribution in [-0.4, -0.2) is 40.4 Å². The third kappa shape index (κ3) is 5.73. The average molecular weight is 542 g/mol. The number of rotatable bonds is 8. The fraction of sp³-hybridized carbons (Fsp3) is 0.259. The van der Waals surface area contributed by atoms with Crippen molar-refractivity contribution in [1.29, 1.82) is 0 Å². The van der Waals surface area contributed by atoms with Crippen LogP contribution >= 0.6 is 11.6 Å². The molecule has 1 aliphatic heterocycles. The molecule has 0 radical (unpaired) electrons. The van der Waals surface area contributed by atoms with E-state index in [-0.39, 0.29) is 22.2 Å². The summed E-state index contributed by atoms with van der Waals surface area (Å²) in [6.45, 7) is 3.84. The van der Waals surface area contributed by atoms with Crippen LogP contribution in [0.4, 0.5) is 17.1 Å².